The summed E-state index contributed by atoms with van der Waals surface area (Å²) >= 11 is 4.56. The molecule has 184 valence electrons. The maximum Gasteiger partial charge on any atom is 0.207 e. The molecule has 1 aliphatic heterocycles. The van der Waals surface area contributed by atoms with E-state index >= 15 is 0 Å². The number of carbonyl (C=O) groups is 1. The number of halogens is 2. The van der Waals surface area contributed by atoms with Gasteiger partial charge in [0, 0.05) is 16.9 Å². The Hall–Kier alpha value is -3.19. The largest absolute Gasteiger partial charge is 0.505 e. The number of aliphatic hydroxyl groups excluding tert-OH is 1. The molecule has 1 heterocycles. The highest BCUT2D eigenvalue weighted by Crippen LogP contribution is 2.38. The molecule has 2 aromatic rings. The van der Waals surface area contributed by atoms with Crippen molar-refractivity contribution >= 4 is 29.5 Å². The van der Waals surface area contributed by atoms with Crippen LogP contribution in [0, 0.1) is 28.4 Å². The van der Waals surface area contributed by atoms with E-state index in [-0.39, 0.29) is 12.2 Å². The van der Waals surface area contributed by atoms with Gasteiger partial charge in [-0.15, -0.1) is 12.6 Å². The predicted octanol–water partition coefficient (Wildman–Crippen LogP) is 4.19. The van der Waals surface area contributed by atoms with Gasteiger partial charge < -0.3 is 20.3 Å². The van der Waals surface area contributed by atoms with Crippen LogP contribution in [0.4, 0.5) is 8.78 Å². The fourth-order valence-corrected chi connectivity index (χ4v) is 4.44. The van der Waals surface area contributed by atoms with E-state index in [0.717, 1.165) is 6.07 Å². The average Bonchev–Trinajstić information content (AvgIpc) is 3.20. The Balaban J connectivity index is 1.91. The van der Waals surface area contributed by atoms with Gasteiger partial charge in [0.15, 0.2) is 11.6 Å². The van der Waals surface area contributed by atoms with Gasteiger partial charge in [0.1, 0.15) is 11.9 Å². The summed E-state index contributed by atoms with van der Waals surface area (Å²) in [5, 5.41) is 31.6. The second kappa shape index (κ2) is 12.0. The summed E-state index contributed by atoms with van der Waals surface area (Å²) in [5.41, 5.74) is 0.694. The van der Waals surface area contributed by atoms with E-state index in [9.17, 15) is 23.8 Å². The molecule has 1 amide bonds. The van der Waals surface area contributed by atoms with Crippen molar-refractivity contribution in [2.45, 2.75) is 25.4 Å². The van der Waals surface area contributed by atoms with Gasteiger partial charge in [0.2, 0.25) is 6.41 Å². The van der Waals surface area contributed by atoms with Gasteiger partial charge in [-0.2, -0.15) is 5.26 Å². The van der Waals surface area contributed by atoms with E-state index in [1.807, 2.05) is 6.08 Å². The predicted molar refractivity (Wildman–Crippen MR) is 131 cm³/mol. The standard InChI is InChI=1S/C26H26F2N2O4S/c27-21-11-17(4-5-19(21)13-29)20(25(35)18-6-7-23(32)22(28)12-18)3-1-2-8-26(9-10-30-16-31)15-34-14-24(26)33/h1,3-7,11-12,16,24,32-33,35H,2,8-10,14-15H2,(H,30,31)/b3-1+,25-20+. The third-order valence-electron chi connectivity index (χ3n) is 6.19. The Morgan fingerprint density at radius 3 is 2.60 bits per heavy atom. The number of nitrogens with zero attached hydrogens (tertiary/aromatic N) is 1. The van der Waals surface area contributed by atoms with Crippen molar-refractivity contribution < 1.29 is 28.5 Å². The number of amides is 1. The Labute approximate surface area is 208 Å². The van der Waals surface area contributed by atoms with Gasteiger partial charge >= 0.3 is 0 Å². The Bertz CT molecular complexity index is 1180. The molecular weight excluding hydrogens is 474 g/mol. The molecular formula is C26H26F2N2O4S. The number of hydrogen-bond acceptors (Lipinski definition) is 6. The van der Waals surface area contributed by atoms with E-state index in [1.54, 1.807) is 18.2 Å². The molecule has 3 rings (SSSR count). The minimum Gasteiger partial charge on any atom is -0.505 e. The molecule has 0 aromatic heterocycles. The summed E-state index contributed by atoms with van der Waals surface area (Å²) in [6, 6.07) is 9.77. The molecule has 0 bridgehead atoms. The topological polar surface area (TPSA) is 103 Å². The fourth-order valence-electron chi connectivity index (χ4n) is 4.10. The van der Waals surface area contributed by atoms with Crippen LogP contribution in [0.3, 0.4) is 0 Å². The van der Waals surface area contributed by atoms with Crippen molar-refractivity contribution in [1.82, 2.24) is 5.32 Å². The number of nitriles is 1. The molecule has 1 saturated heterocycles. The molecule has 6 nitrogen and oxygen atoms in total. The summed E-state index contributed by atoms with van der Waals surface area (Å²) < 4.78 is 33.8. The van der Waals surface area contributed by atoms with Crippen LogP contribution in [0.15, 0.2) is 48.6 Å². The van der Waals surface area contributed by atoms with Crippen LogP contribution in [0.1, 0.15) is 36.0 Å². The molecule has 2 aromatic carbocycles. The molecule has 0 spiro atoms. The van der Waals surface area contributed by atoms with Gasteiger partial charge in [0.25, 0.3) is 0 Å². The molecule has 1 fully saturated rings. The third-order valence-corrected chi connectivity index (χ3v) is 6.69. The second-order valence-electron chi connectivity index (χ2n) is 8.39. The van der Waals surface area contributed by atoms with Gasteiger partial charge in [0.05, 0.1) is 24.9 Å². The van der Waals surface area contributed by atoms with E-state index in [4.69, 9.17) is 10.00 Å². The molecule has 1 aliphatic rings. The monoisotopic (exact) mass is 500 g/mol. The molecule has 35 heavy (non-hydrogen) atoms. The van der Waals surface area contributed by atoms with Crippen molar-refractivity contribution in [3.05, 3.63) is 76.9 Å². The number of allylic oxidation sites excluding steroid dienone is 3. The number of carbonyl (C=O) groups excluding carboxylic acids is 1. The first-order valence-electron chi connectivity index (χ1n) is 11.0. The maximum atomic E-state index is 14.4. The van der Waals surface area contributed by atoms with Crippen molar-refractivity contribution in [2.75, 3.05) is 19.8 Å². The lowest BCUT2D eigenvalue weighted by molar-refractivity contribution is -0.109. The lowest BCUT2D eigenvalue weighted by Gasteiger charge is -2.30. The number of rotatable bonds is 10. The van der Waals surface area contributed by atoms with E-state index < -0.39 is 28.9 Å². The second-order valence-corrected chi connectivity index (χ2v) is 8.84. The number of aliphatic hydroxyl groups is 1. The van der Waals surface area contributed by atoms with Crippen LogP contribution in [0.25, 0.3) is 10.5 Å². The van der Waals surface area contributed by atoms with Crippen LogP contribution in [-0.4, -0.2) is 42.5 Å². The summed E-state index contributed by atoms with van der Waals surface area (Å²) in [7, 11) is 0. The zero-order valence-electron chi connectivity index (χ0n) is 18.9. The molecule has 9 heteroatoms. The number of hydrogen-bond donors (Lipinski definition) is 4. The van der Waals surface area contributed by atoms with Crippen LogP contribution >= 0.6 is 12.6 Å². The van der Waals surface area contributed by atoms with E-state index in [1.165, 1.54) is 24.3 Å². The lowest BCUT2D eigenvalue weighted by atomic mass is 9.77. The van der Waals surface area contributed by atoms with Gasteiger partial charge in [-0.25, -0.2) is 8.78 Å². The SMILES string of the molecule is N#Cc1ccc(C(/C=C/CCC2(CCNC=O)COCC2O)=C(/S)c2ccc(O)c(F)c2)cc1F. The lowest BCUT2D eigenvalue weighted by Crippen LogP contribution is -2.36. The van der Waals surface area contributed by atoms with Crippen LogP contribution in [0.2, 0.25) is 0 Å². The summed E-state index contributed by atoms with van der Waals surface area (Å²) in [6.07, 6.45) is 5.20. The highest BCUT2D eigenvalue weighted by molar-refractivity contribution is 7.90. The maximum absolute atomic E-state index is 14.4. The van der Waals surface area contributed by atoms with Crippen LogP contribution in [0.5, 0.6) is 5.75 Å². The Morgan fingerprint density at radius 2 is 1.97 bits per heavy atom. The Morgan fingerprint density at radius 1 is 1.23 bits per heavy atom. The van der Waals surface area contributed by atoms with Crippen molar-refractivity contribution in [2.24, 2.45) is 5.41 Å². The molecule has 2 unspecified atom stereocenters. The van der Waals surface area contributed by atoms with E-state index in [0.29, 0.717) is 60.4 Å². The van der Waals surface area contributed by atoms with Gasteiger partial charge in [-0.1, -0.05) is 18.2 Å². The summed E-state index contributed by atoms with van der Waals surface area (Å²) in [5.74, 6) is -2.01. The molecule has 0 aliphatic carbocycles. The number of aromatic hydroxyl groups is 1. The number of nitrogens with one attached hydrogen (secondary N) is 1. The normalized spacial score (nSPS) is 20.5. The number of thiol groups is 1. The van der Waals surface area contributed by atoms with Crippen molar-refractivity contribution in [3.63, 3.8) is 0 Å². The van der Waals surface area contributed by atoms with Crippen molar-refractivity contribution in [3.8, 4) is 11.8 Å². The molecule has 2 atom stereocenters. The van der Waals surface area contributed by atoms with E-state index in [2.05, 4.69) is 17.9 Å². The summed E-state index contributed by atoms with van der Waals surface area (Å²) in [6.45, 7) is 1.01. The van der Waals surface area contributed by atoms with Gasteiger partial charge in [-0.05, 0) is 66.3 Å². The summed E-state index contributed by atoms with van der Waals surface area (Å²) in [4.78, 5) is 11.0. The smallest absolute Gasteiger partial charge is 0.207 e. The number of phenols is 1. The van der Waals surface area contributed by atoms with Crippen LogP contribution < -0.4 is 5.32 Å². The number of phenolic OH excluding ortho intramolecular Hbond substituents is 1. The fraction of sp³-hybridized carbons (Fsp3) is 0.308. The molecule has 0 saturated carbocycles. The first-order valence-corrected chi connectivity index (χ1v) is 11.5. The molecule has 3 N–H and O–H groups in total. The zero-order chi connectivity index (χ0) is 25.4. The van der Waals surface area contributed by atoms with Crippen molar-refractivity contribution in [1.29, 1.82) is 5.26 Å². The zero-order valence-corrected chi connectivity index (χ0v) is 19.8. The van der Waals surface area contributed by atoms with Crippen LogP contribution in [-0.2, 0) is 9.53 Å². The first kappa shape index (κ1) is 26.4. The minimum absolute atomic E-state index is 0.102. The first-order chi connectivity index (χ1) is 16.8. The third kappa shape index (κ3) is 6.28. The highest BCUT2D eigenvalue weighted by Gasteiger charge is 2.41. The average molecular weight is 501 g/mol. The molecule has 0 radical (unpaired) electrons. The number of benzene rings is 2. The number of ether oxygens (including phenoxy) is 1. The Kier molecular flexibility index (Phi) is 9.04. The quantitative estimate of drug-likeness (QED) is 0.129. The minimum atomic E-state index is -0.815. The highest BCUT2D eigenvalue weighted by atomic mass is 32.1. The van der Waals surface area contributed by atoms with Gasteiger partial charge in [-0.3, -0.25) is 4.79 Å².